The summed E-state index contributed by atoms with van der Waals surface area (Å²) in [7, 11) is 0. The van der Waals surface area contributed by atoms with Crippen molar-refractivity contribution in [2.75, 3.05) is 0 Å². The maximum Gasteiger partial charge on any atom is 0.244 e. The van der Waals surface area contributed by atoms with Gasteiger partial charge in [0.1, 0.15) is 0 Å². The van der Waals surface area contributed by atoms with Crippen LogP contribution in [0.4, 0.5) is 0 Å². The lowest BCUT2D eigenvalue weighted by Gasteiger charge is -2.35. The van der Waals surface area contributed by atoms with Crippen molar-refractivity contribution in [2.45, 2.75) is 0 Å². The third-order valence-corrected chi connectivity index (χ3v) is 19.2. The first-order chi connectivity index (χ1) is 43.9. The molecule has 0 unspecified atom stereocenters. The zero-order valence-electron chi connectivity index (χ0n) is 47.0. The lowest BCUT2D eigenvalue weighted by atomic mass is 9.31. The molecule has 0 amide bonds. The van der Waals surface area contributed by atoms with Gasteiger partial charge in [0.2, 0.25) is 6.71 Å². The Balaban J connectivity index is 1.07. The lowest BCUT2D eigenvalue weighted by Crippen LogP contribution is -2.57. The van der Waals surface area contributed by atoms with Crippen molar-refractivity contribution < 1.29 is 0 Å². The van der Waals surface area contributed by atoms with Gasteiger partial charge >= 0.3 is 0 Å². The van der Waals surface area contributed by atoms with Crippen LogP contribution in [-0.4, -0.2) is 25.0 Å². The van der Waals surface area contributed by atoms with E-state index in [2.05, 4.69) is 206 Å². The minimum atomic E-state index is -0.389. The van der Waals surface area contributed by atoms with Crippen molar-refractivity contribution in [1.82, 2.24) is 18.3 Å². The second-order valence-corrected chi connectivity index (χ2v) is 23.4. The quantitative estimate of drug-likeness (QED) is 0.162. The van der Waals surface area contributed by atoms with Gasteiger partial charge in [-0.2, -0.15) is 26.3 Å². The highest BCUT2D eigenvalue weighted by Crippen LogP contribution is 2.52. The summed E-state index contributed by atoms with van der Waals surface area (Å²) >= 11 is 0. The summed E-state index contributed by atoms with van der Waals surface area (Å²) < 4.78 is 9.41. The van der Waals surface area contributed by atoms with Gasteiger partial charge in [0, 0.05) is 76.6 Å². The summed E-state index contributed by atoms with van der Waals surface area (Å²) in [4.78, 5) is 0. The van der Waals surface area contributed by atoms with Crippen LogP contribution in [0.15, 0.2) is 231 Å². The zero-order valence-corrected chi connectivity index (χ0v) is 47.0. The van der Waals surface area contributed by atoms with Crippen LogP contribution < -0.4 is 16.4 Å². The Morgan fingerprint density at radius 1 is 0.236 bits per heavy atom. The molecule has 10 heteroatoms. The van der Waals surface area contributed by atoms with E-state index in [0.29, 0.717) is 27.8 Å². The van der Waals surface area contributed by atoms with Crippen LogP contribution in [0.5, 0.6) is 0 Å². The molecule has 0 N–H and O–H groups in total. The number of hydrogen-bond acceptors (Lipinski definition) is 5. The number of aromatic nitrogens is 4. The molecule has 0 saturated carbocycles. The molecule has 13 aromatic carbocycles. The largest absolute Gasteiger partial charge is 0.309 e. The number of nitrogens with zero attached hydrogens (tertiary/aromatic N) is 9. The smallest absolute Gasteiger partial charge is 0.244 e. The van der Waals surface area contributed by atoms with E-state index >= 15 is 0 Å². The van der Waals surface area contributed by atoms with Gasteiger partial charge in [0.25, 0.3) is 0 Å². The molecular formula is C79H38BN9. The Morgan fingerprint density at radius 2 is 0.506 bits per heavy atom. The van der Waals surface area contributed by atoms with E-state index < -0.39 is 0 Å². The average Bonchev–Trinajstić information content (AvgIpc) is 1.65. The Morgan fingerprint density at radius 3 is 0.787 bits per heavy atom. The molecule has 0 spiro atoms. The molecular weight excluding hydrogens is 1090 g/mol. The van der Waals surface area contributed by atoms with Crippen molar-refractivity contribution >= 4 is 132 Å². The number of para-hydroxylation sites is 4. The second-order valence-electron chi connectivity index (χ2n) is 23.4. The molecule has 402 valence electrons. The van der Waals surface area contributed by atoms with Gasteiger partial charge in [-0.1, -0.05) is 89.2 Å². The number of nitriles is 5. The second kappa shape index (κ2) is 17.6. The summed E-state index contributed by atoms with van der Waals surface area (Å²) in [5.74, 6) is 0. The third-order valence-electron chi connectivity index (χ3n) is 19.2. The minimum Gasteiger partial charge on any atom is -0.309 e. The summed E-state index contributed by atoms with van der Waals surface area (Å²) in [6, 6.07) is 91.9. The van der Waals surface area contributed by atoms with Crippen molar-refractivity contribution in [2.24, 2.45) is 0 Å². The van der Waals surface area contributed by atoms with Gasteiger partial charge < -0.3 is 18.3 Å². The van der Waals surface area contributed by atoms with Crippen LogP contribution in [0.3, 0.4) is 0 Å². The maximum atomic E-state index is 11.5. The molecule has 0 aliphatic carbocycles. The monoisotopic (exact) mass is 1120 g/mol. The summed E-state index contributed by atoms with van der Waals surface area (Å²) in [5.41, 5.74) is 22.0. The topological polar surface area (TPSA) is 139 Å². The van der Waals surface area contributed by atoms with Crippen molar-refractivity contribution in [3.8, 4) is 75.3 Å². The Kier molecular flexibility index (Phi) is 9.58. The predicted octanol–water partition coefficient (Wildman–Crippen LogP) is 16.2. The fourth-order valence-corrected chi connectivity index (χ4v) is 15.8. The Hall–Kier alpha value is -12.9. The van der Waals surface area contributed by atoms with Crippen LogP contribution in [-0.2, 0) is 0 Å². The molecule has 6 heterocycles. The number of benzene rings is 13. The highest BCUT2D eigenvalue weighted by molar-refractivity contribution is 7.02. The first-order valence-electron chi connectivity index (χ1n) is 29.5. The normalized spacial score (nSPS) is 12.2. The van der Waals surface area contributed by atoms with Crippen molar-refractivity contribution in [1.29, 1.82) is 26.3 Å². The summed E-state index contributed by atoms with van der Waals surface area (Å²) in [5, 5.41) is 64.9. The SMILES string of the molecule is N#Cc1ccc(-n2c3ccccc3c3c4c5c(cc32)B2c3c(cc(C#N)cc3-c3cc6c(c7ccccc7n6-c6ccc(C#N)cc6)c6c3c2cc2c6c3ccccc3n2-c2ccc(C#N)cc2)-c5cc2c4c3ccccc3n2-c2ccc(C#N)cc2)cc1. The maximum absolute atomic E-state index is 11.5. The fraction of sp³-hybridized carbons (Fsp3) is 0. The van der Waals surface area contributed by atoms with Crippen LogP contribution in [0.2, 0.25) is 0 Å². The van der Waals surface area contributed by atoms with E-state index in [1.165, 1.54) is 0 Å². The molecule has 4 aromatic heterocycles. The van der Waals surface area contributed by atoms with E-state index in [-0.39, 0.29) is 6.71 Å². The average molecular weight is 1120 g/mol. The van der Waals surface area contributed by atoms with Crippen LogP contribution >= 0.6 is 0 Å². The molecule has 9 nitrogen and oxygen atoms in total. The van der Waals surface area contributed by atoms with Crippen molar-refractivity contribution in [3.63, 3.8) is 0 Å². The minimum absolute atomic E-state index is 0.389. The molecule has 17 aromatic rings. The summed E-state index contributed by atoms with van der Waals surface area (Å²) in [6.07, 6.45) is 0. The van der Waals surface area contributed by atoms with Gasteiger partial charge in [-0.3, -0.25) is 0 Å². The first-order valence-corrected chi connectivity index (χ1v) is 29.5. The standard InChI is InChI=1S/C79H38BN9/c81-39-44-17-25-49(26-18-44)86-63-13-5-1-9-53(63)73-67(86)35-57-59-33-48(43-85)34-60-58-36-68-74(54-10-2-6-14-64(54)87(68)50-27-19-45(40-82)20-28-50)78-72(58)62(38-70-76(78)56-12-4-8-16-66(56)89(70)52-31-23-47(42-84)24-32-52)80(79(59)60)61-37-69-75(77(73)71(57)61)55-11-3-7-15-65(55)88(69)51-29-21-46(41-83)22-30-51/h1-38H. The molecule has 0 atom stereocenters. The fourth-order valence-electron chi connectivity index (χ4n) is 15.8. The molecule has 0 radical (unpaired) electrons. The molecule has 2 aliphatic rings. The van der Waals surface area contributed by atoms with Gasteiger partial charge in [0.05, 0.1) is 102 Å². The Labute approximate surface area is 507 Å². The number of hydrogen-bond donors (Lipinski definition) is 0. The molecule has 0 saturated heterocycles. The van der Waals surface area contributed by atoms with Gasteiger partial charge in [-0.15, -0.1) is 0 Å². The van der Waals surface area contributed by atoms with E-state index in [0.717, 1.165) is 170 Å². The molecule has 0 bridgehead atoms. The number of rotatable bonds is 4. The predicted molar refractivity (Wildman–Crippen MR) is 358 cm³/mol. The van der Waals surface area contributed by atoms with E-state index in [1.807, 2.05) is 72.8 Å². The van der Waals surface area contributed by atoms with Crippen molar-refractivity contribution in [3.05, 3.63) is 258 Å². The van der Waals surface area contributed by atoms with Gasteiger partial charge in [-0.25, -0.2) is 0 Å². The highest BCUT2D eigenvalue weighted by Gasteiger charge is 2.42. The number of fused-ring (bicyclic) bond motifs is 20. The Bertz CT molecular complexity index is 5960. The lowest BCUT2D eigenvalue weighted by molar-refractivity contribution is 1.18. The van der Waals surface area contributed by atoms with Gasteiger partial charge in [0.15, 0.2) is 0 Å². The third kappa shape index (κ3) is 6.26. The molecule has 0 fully saturated rings. The highest BCUT2D eigenvalue weighted by atomic mass is 15.0. The first kappa shape index (κ1) is 48.5. The molecule has 2 aliphatic heterocycles. The summed E-state index contributed by atoms with van der Waals surface area (Å²) in [6.45, 7) is -0.389. The van der Waals surface area contributed by atoms with E-state index in [4.69, 9.17) is 0 Å². The molecule has 19 rings (SSSR count). The van der Waals surface area contributed by atoms with Crippen LogP contribution in [0.25, 0.3) is 154 Å². The van der Waals surface area contributed by atoms with Crippen LogP contribution in [0.1, 0.15) is 27.8 Å². The van der Waals surface area contributed by atoms with E-state index in [9.17, 15) is 26.3 Å². The molecule has 89 heavy (non-hydrogen) atoms. The van der Waals surface area contributed by atoms with Gasteiger partial charge in [-0.05, 0) is 191 Å². The zero-order chi connectivity index (χ0) is 59.1. The van der Waals surface area contributed by atoms with E-state index in [1.54, 1.807) is 0 Å². The van der Waals surface area contributed by atoms with Crippen LogP contribution in [0, 0.1) is 56.7 Å².